The maximum absolute atomic E-state index is 12.0. The molecule has 0 aromatic carbocycles. The monoisotopic (exact) mass is 224 g/mol. The molecule has 0 radical (unpaired) electrons. The molecule has 0 aliphatic heterocycles. The molecule has 0 atom stereocenters. The average Bonchev–Trinajstić information content (AvgIpc) is 2.25. The van der Waals surface area contributed by atoms with Gasteiger partial charge in [-0.2, -0.15) is 0 Å². The Hall–Kier alpha value is -1.69. The number of rotatable bonds is 4. The first-order valence-electron chi connectivity index (χ1n) is 5.05. The van der Waals surface area contributed by atoms with Crippen LogP contribution in [-0.2, 0) is 0 Å². The highest BCUT2D eigenvalue weighted by Gasteiger charge is 2.19. The zero-order valence-electron chi connectivity index (χ0n) is 9.42. The van der Waals surface area contributed by atoms with Crippen LogP contribution in [0, 0.1) is 0 Å². The van der Waals surface area contributed by atoms with Crippen LogP contribution in [-0.4, -0.2) is 45.1 Å². The molecule has 16 heavy (non-hydrogen) atoms. The molecule has 6 heteroatoms. The number of nitrogen functional groups attached to an aromatic ring is 1. The van der Waals surface area contributed by atoms with Crippen LogP contribution in [0.4, 0.5) is 5.82 Å². The molecule has 1 aromatic heterocycles. The second kappa shape index (κ2) is 5.41. The molecule has 0 unspecified atom stereocenters. The summed E-state index contributed by atoms with van der Waals surface area (Å²) in [6, 6.07) is -0.000923. The molecule has 0 aliphatic rings. The fourth-order valence-electron chi connectivity index (χ4n) is 1.30. The first-order valence-corrected chi connectivity index (χ1v) is 5.05. The van der Waals surface area contributed by atoms with Crippen molar-refractivity contribution in [1.29, 1.82) is 0 Å². The fraction of sp³-hybridized carbons (Fsp3) is 0.500. The molecular weight excluding hydrogens is 208 g/mol. The topological polar surface area (TPSA) is 92.3 Å². The molecule has 1 aromatic rings. The Kier molecular flexibility index (Phi) is 4.19. The molecule has 0 fully saturated rings. The first-order chi connectivity index (χ1) is 7.56. The summed E-state index contributed by atoms with van der Waals surface area (Å²) in [4.78, 5) is 21.2. The SMILES string of the molecule is CC(C)N(CCO)C(=O)c1cnc(N)cn1. The molecular formula is C10H16N4O2. The number of hydrogen-bond acceptors (Lipinski definition) is 5. The standard InChI is InChI=1S/C10H16N4O2/c1-7(2)14(3-4-15)10(16)8-5-13-9(11)6-12-8/h5-7,15H,3-4H2,1-2H3,(H2,11,13). The van der Waals surface area contributed by atoms with Gasteiger partial charge in [-0.1, -0.05) is 0 Å². The van der Waals surface area contributed by atoms with E-state index in [0.29, 0.717) is 0 Å². The average molecular weight is 224 g/mol. The number of carbonyl (C=O) groups is 1. The van der Waals surface area contributed by atoms with Crippen LogP contribution in [0.25, 0.3) is 0 Å². The summed E-state index contributed by atoms with van der Waals surface area (Å²) in [6.07, 6.45) is 2.68. The fourth-order valence-corrected chi connectivity index (χ4v) is 1.30. The molecule has 0 aliphatic carbocycles. The van der Waals surface area contributed by atoms with E-state index >= 15 is 0 Å². The van der Waals surface area contributed by atoms with Gasteiger partial charge in [-0.05, 0) is 13.8 Å². The third kappa shape index (κ3) is 2.90. The predicted octanol–water partition coefficient (Wildman–Crippen LogP) is -0.0983. The maximum Gasteiger partial charge on any atom is 0.274 e. The lowest BCUT2D eigenvalue weighted by molar-refractivity contribution is 0.0659. The zero-order valence-corrected chi connectivity index (χ0v) is 9.42. The molecule has 1 heterocycles. The number of aromatic nitrogens is 2. The molecule has 0 spiro atoms. The molecule has 0 saturated carbocycles. The van der Waals surface area contributed by atoms with Crippen molar-refractivity contribution in [2.24, 2.45) is 0 Å². The van der Waals surface area contributed by atoms with Crippen molar-refractivity contribution in [3.05, 3.63) is 18.1 Å². The first kappa shape index (κ1) is 12.4. The minimum Gasteiger partial charge on any atom is -0.395 e. The van der Waals surface area contributed by atoms with Crippen molar-refractivity contribution < 1.29 is 9.90 Å². The lowest BCUT2D eigenvalue weighted by atomic mass is 10.2. The summed E-state index contributed by atoms with van der Waals surface area (Å²) >= 11 is 0. The van der Waals surface area contributed by atoms with Crippen molar-refractivity contribution in [1.82, 2.24) is 14.9 Å². The largest absolute Gasteiger partial charge is 0.395 e. The van der Waals surface area contributed by atoms with Crippen LogP contribution in [0.3, 0.4) is 0 Å². The Morgan fingerprint density at radius 3 is 2.62 bits per heavy atom. The summed E-state index contributed by atoms with van der Waals surface area (Å²) < 4.78 is 0. The van der Waals surface area contributed by atoms with E-state index in [9.17, 15) is 4.79 Å². The quantitative estimate of drug-likeness (QED) is 0.745. The van der Waals surface area contributed by atoms with Gasteiger partial charge in [0, 0.05) is 12.6 Å². The Labute approximate surface area is 94.1 Å². The summed E-state index contributed by atoms with van der Waals surface area (Å²) in [5.74, 6) is 0.0198. The van der Waals surface area contributed by atoms with E-state index in [2.05, 4.69) is 9.97 Å². The Bertz CT molecular complexity index is 350. The molecule has 3 N–H and O–H groups in total. The van der Waals surface area contributed by atoms with Gasteiger partial charge >= 0.3 is 0 Å². The number of aliphatic hydroxyl groups is 1. The van der Waals surface area contributed by atoms with Crippen molar-refractivity contribution in [2.75, 3.05) is 18.9 Å². The van der Waals surface area contributed by atoms with Crippen molar-refractivity contribution in [3.8, 4) is 0 Å². The highest BCUT2D eigenvalue weighted by Crippen LogP contribution is 2.05. The number of hydrogen-bond donors (Lipinski definition) is 2. The Balaban J connectivity index is 2.86. The molecule has 88 valence electrons. The normalized spacial score (nSPS) is 10.5. The van der Waals surface area contributed by atoms with Crippen molar-refractivity contribution >= 4 is 11.7 Å². The number of carbonyl (C=O) groups excluding carboxylic acids is 1. The van der Waals surface area contributed by atoms with E-state index in [1.807, 2.05) is 13.8 Å². The minimum atomic E-state index is -0.253. The smallest absolute Gasteiger partial charge is 0.274 e. The van der Waals surface area contributed by atoms with Gasteiger partial charge in [0.2, 0.25) is 0 Å². The van der Waals surface area contributed by atoms with E-state index < -0.39 is 0 Å². The van der Waals surface area contributed by atoms with Crippen molar-refractivity contribution in [3.63, 3.8) is 0 Å². The molecule has 0 bridgehead atoms. The van der Waals surface area contributed by atoms with Gasteiger partial charge in [0.1, 0.15) is 11.5 Å². The molecule has 1 amide bonds. The highest BCUT2D eigenvalue weighted by molar-refractivity contribution is 5.92. The number of nitrogens with two attached hydrogens (primary N) is 1. The second-order valence-corrected chi connectivity index (χ2v) is 3.64. The summed E-state index contributed by atoms with van der Waals surface area (Å²) in [6.45, 7) is 3.95. The number of nitrogens with zero attached hydrogens (tertiary/aromatic N) is 3. The van der Waals surface area contributed by atoms with E-state index in [4.69, 9.17) is 10.8 Å². The van der Waals surface area contributed by atoms with Crippen LogP contribution in [0.1, 0.15) is 24.3 Å². The van der Waals surface area contributed by atoms with E-state index in [1.54, 1.807) is 0 Å². The van der Waals surface area contributed by atoms with Gasteiger partial charge in [0.15, 0.2) is 0 Å². The minimum absolute atomic E-state index is 0.000923. The second-order valence-electron chi connectivity index (χ2n) is 3.64. The summed E-state index contributed by atoms with van der Waals surface area (Å²) in [5.41, 5.74) is 5.62. The number of aliphatic hydroxyl groups excluding tert-OH is 1. The van der Waals surface area contributed by atoms with E-state index in [0.717, 1.165) is 0 Å². The number of anilines is 1. The molecule has 6 nitrogen and oxygen atoms in total. The third-order valence-corrected chi connectivity index (χ3v) is 2.12. The summed E-state index contributed by atoms with van der Waals surface area (Å²) in [5, 5.41) is 8.88. The van der Waals surface area contributed by atoms with Gasteiger partial charge in [-0.25, -0.2) is 9.97 Å². The Morgan fingerprint density at radius 1 is 1.50 bits per heavy atom. The van der Waals surface area contributed by atoms with Gasteiger partial charge in [0.05, 0.1) is 19.0 Å². The van der Waals surface area contributed by atoms with Gasteiger partial charge in [-0.15, -0.1) is 0 Å². The zero-order chi connectivity index (χ0) is 12.1. The van der Waals surface area contributed by atoms with E-state index in [1.165, 1.54) is 17.3 Å². The van der Waals surface area contributed by atoms with Crippen LogP contribution < -0.4 is 5.73 Å². The Morgan fingerprint density at radius 2 is 2.19 bits per heavy atom. The third-order valence-electron chi connectivity index (χ3n) is 2.12. The van der Waals surface area contributed by atoms with Crippen LogP contribution >= 0.6 is 0 Å². The van der Waals surface area contributed by atoms with Gasteiger partial charge < -0.3 is 15.7 Å². The van der Waals surface area contributed by atoms with E-state index in [-0.39, 0.29) is 36.6 Å². The maximum atomic E-state index is 12.0. The lowest BCUT2D eigenvalue weighted by Crippen LogP contribution is -2.39. The van der Waals surface area contributed by atoms with Crippen molar-refractivity contribution in [2.45, 2.75) is 19.9 Å². The number of amides is 1. The lowest BCUT2D eigenvalue weighted by Gasteiger charge is -2.25. The summed E-state index contributed by atoms with van der Waals surface area (Å²) in [7, 11) is 0. The molecule has 0 saturated heterocycles. The highest BCUT2D eigenvalue weighted by atomic mass is 16.3. The van der Waals surface area contributed by atoms with Crippen LogP contribution in [0.2, 0.25) is 0 Å². The van der Waals surface area contributed by atoms with Gasteiger partial charge in [0.25, 0.3) is 5.91 Å². The van der Waals surface area contributed by atoms with Crippen LogP contribution in [0.5, 0.6) is 0 Å². The predicted molar refractivity (Wildman–Crippen MR) is 59.7 cm³/mol. The molecule has 1 rings (SSSR count). The van der Waals surface area contributed by atoms with Gasteiger partial charge in [-0.3, -0.25) is 4.79 Å². The van der Waals surface area contributed by atoms with Crippen LogP contribution in [0.15, 0.2) is 12.4 Å².